The number of anilines is 1. The Hall–Kier alpha value is -2.97. The van der Waals surface area contributed by atoms with Gasteiger partial charge in [0.25, 0.3) is 0 Å². The lowest BCUT2D eigenvalue weighted by Gasteiger charge is -2.30. The van der Waals surface area contributed by atoms with Crippen molar-refractivity contribution in [3.05, 3.63) is 72.4 Å². The Labute approximate surface area is 195 Å². The summed E-state index contributed by atoms with van der Waals surface area (Å²) < 4.78 is 29.3. The molecule has 174 valence electrons. The molecule has 2 aromatic carbocycles. The molecule has 0 aliphatic carbocycles. The van der Waals surface area contributed by atoms with Crippen molar-refractivity contribution < 1.29 is 13.2 Å². The average molecular weight is 467 g/mol. The number of hydrogen-bond donors (Lipinski definition) is 1. The summed E-state index contributed by atoms with van der Waals surface area (Å²) >= 11 is 0. The van der Waals surface area contributed by atoms with E-state index in [4.69, 9.17) is 0 Å². The maximum absolute atomic E-state index is 13.1. The number of carbonyl (C=O) groups excluding carboxylic acids is 1. The fraction of sp³-hybridized carbons (Fsp3) is 0.360. The van der Waals surface area contributed by atoms with Gasteiger partial charge < -0.3 is 5.32 Å². The number of hydrogen-bond acceptors (Lipinski definition) is 4. The van der Waals surface area contributed by atoms with Gasteiger partial charge in [0.2, 0.25) is 15.9 Å². The van der Waals surface area contributed by atoms with Crippen molar-refractivity contribution in [3.63, 3.8) is 0 Å². The van der Waals surface area contributed by atoms with Gasteiger partial charge in [0, 0.05) is 31.3 Å². The van der Waals surface area contributed by atoms with Crippen molar-refractivity contribution >= 4 is 21.7 Å². The number of para-hydroxylation sites is 1. The van der Waals surface area contributed by atoms with E-state index in [0.29, 0.717) is 36.6 Å². The lowest BCUT2D eigenvalue weighted by Crippen LogP contribution is -2.41. The number of benzene rings is 2. The van der Waals surface area contributed by atoms with Gasteiger partial charge in [-0.25, -0.2) is 13.1 Å². The Morgan fingerprint density at radius 1 is 0.970 bits per heavy atom. The molecule has 1 fully saturated rings. The first-order valence-corrected chi connectivity index (χ1v) is 12.6. The Morgan fingerprint density at radius 2 is 1.61 bits per heavy atom. The smallest absolute Gasteiger partial charge is 0.243 e. The Morgan fingerprint density at radius 3 is 2.21 bits per heavy atom. The second-order valence-electron chi connectivity index (χ2n) is 9.42. The predicted molar refractivity (Wildman–Crippen MR) is 129 cm³/mol. The second-order valence-corrected chi connectivity index (χ2v) is 11.4. The molecule has 1 amide bonds. The molecule has 4 rings (SSSR count). The van der Waals surface area contributed by atoms with E-state index < -0.39 is 10.0 Å². The Balaban J connectivity index is 1.35. The van der Waals surface area contributed by atoms with Crippen molar-refractivity contribution in [3.8, 4) is 5.69 Å². The van der Waals surface area contributed by atoms with Crippen molar-refractivity contribution in [1.29, 1.82) is 0 Å². The minimum absolute atomic E-state index is 0.0368. The van der Waals surface area contributed by atoms with Gasteiger partial charge in [-0.15, -0.1) is 0 Å². The maximum Gasteiger partial charge on any atom is 0.243 e. The number of aromatic nitrogens is 2. The van der Waals surface area contributed by atoms with Gasteiger partial charge in [0.1, 0.15) is 0 Å². The van der Waals surface area contributed by atoms with Gasteiger partial charge in [-0.2, -0.15) is 9.40 Å². The second kappa shape index (κ2) is 9.11. The Bertz CT molecular complexity index is 1200. The first kappa shape index (κ1) is 23.2. The quantitative estimate of drug-likeness (QED) is 0.611. The van der Waals surface area contributed by atoms with E-state index in [1.54, 1.807) is 29.1 Å². The molecule has 33 heavy (non-hydrogen) atoms. The van der Waals surface area contributed by atoms with Gasteiger partial charge in [0.05, 0.1) is 10.6 Å². The summed E-state index contributed by atoms with van der Waals surface area (Å²) in [7, 11) is -3.57. The summed E-state index contributed by atoms with van der Waals surface area (Å²) in [5.41, 5.74) is 1.96. The molecule has 2 heterocycles. The number of nitrogens with zero attached hydrogens (tertiary/aromatic N) is 3. The fourth-order valence-electron chi connectivity index (χ4n) is 3.98. The van der Waals surface area contributed by atoms with Crippen LogP contribution in [0, 0.1) is 5.92 Å². The fourth-order valence-corrected chi connectivity index (χ4v) is 5.45. The monoisotopic (exact) mass is 466 g/mol. The molecule has 0 spiro atoms. The number of rotatable bonds is 5. The molecule has 7 nitrogen and oxygen atoms in total. The topological polar surface area (TPSA) is 84.3 Å². The van der Waals surface area contributed by atoms with Gasteiger partial charge in [-0.3, -0.25) is 4.79 Å². The molecule has 0 radical (unpaired) electrons. The third kappa shape index (κ3) is 5.17. The Kier molecular flexibility index (Phi) is 6.41. The summed E-state index contributed by atoms with van der Waals surface area (Å²) in [6.45, 7) is 6.93. The molecular weight excluding hydrogens is 436 g/mol. The van der Waals surface area contributed by atoms with Gasteiger partial charge in [0.15, 0.2) is 5.82 Å². The van der Waals surface area contributed by atoms with Crippen LogP contribution in [0.2, 0.25) is 0 Å². The summed E-state index contributed by atoms with van der Waals surface area (Å²) in [5, 5.41) is 7.28. The van der Waals surface area contributed by atoms with Crippen molar-refractivity contribution in [2.75, 3.05) is 18.4 Å². The average Bonchev–Trinajstić information content (AvgIpc) is 3.28. The summed E-state index contributed by atoms with van der Waals surface area (Å²) in [6, 6.07) is 18.5. The molecule has 1 aliphatic rings. The number of nitrogens with one attached hydrogen (secondary N) is 1. The first-order chi connectivity index (χ1) is 15.6. The molecule has 0 bridgehead atoms. The minimum Gasteiger partial charge on any atom is -0.309 e. The molecular formula is C25H30N4O3S. The number of sulfonamides is 1. The molecule has 1 saturated heterocycles. The van der Waals surface area contributed by atoms with Crippen LogP contribution in [0.4, 0.5) is 5.82 Å². The van der Waals surface area contributed by atoms with Gasteiger partial charge in [-0.05, 0) is 48.1 Å². The lowest BCUT2D eigenvalue weighted by atomic mass is 9.87. The van der Waals surface area contributed by atoms with Crippen LogP contribution in [-0.4, -0.2) is 41.5 Å². The highest BCUT2D eigenvalue weighted by molar-refractivity contribution is 7.89. The molecule has 1 aliphatic heterocycles. The third-order valence-electron chi connectivity index (χ3n) is 6.04. The standard InChI is InChI=1S/C25H30N4O3S/c1-25(2,3)20-9-11-22(12-10-20)33(31,32)28-16-13-19(14-17-28)24(30)26-23-15-18-29(27-23)21-7-5-4-6-8-21/h4-12,15,18-19H,13-14,16-17H2,1-3H3,(H,26,27,30). The molecule has 3 aromatic rings. The number of amides is 1. The number of carbonyl (C=O) groups is 1. The molecule has 0 saturated carbocycles. The molecule has 0 unspecified atom stereocenters. The van der Waals surface area contributed by atoms with E-state index >= 15 is 0 Å². The zero-order valence-corrected chi connectivity index (χ0v) is 20.0. The van der Waals surface area contributed by atoms with E-state index in [1.165, 1.54) is 4.31 Å². The highest BCUT2D eigenvalue weighted by Gasteiger charge is 2.32. The largest absolute Gasteiger partial charge is 0.309 e. The summed E-state index contributed by atoms with van der Waals surface area (Å²) in [4.78, 5) is 13.0. The van der Waals surface area contributed by atoms with E-state index in [9.17, 15) is 13.2 Å². The highest BCUT2D eigenvalue weighted by atomic mass is 32.2. The van der Waals surface area contributed by atoms with Crippen LogP contribution >= 0.6 is 0 Å². The van der Waals surface area contributed by atoms with Crippen molar-refractivity contribution in [1.82, 2.24) is 14.1 Å². The zero-order valence-electron chi connectivity index (χ0n) is 19.2. The SMILES string of the molecule is CC(C)(C)c1ccc(S(=O)(=O)N2CCC(C(=O)Nc3ccn(-c4ccccc4)n3)CC2)cc1. The van der Waals surface area contributed by atoms with Crippen LogP contribution < -0.4 is 5.32 Å². The minimum atomic E-state index is -3.57. The summed E-state index contributed by atoms with van der Waals surface area (Å²) in [5.74, 6) is 0.110. The molecule has 1 N–H and O–H groups in total. The third-order valence-corrected chi connectivity index (χ3v) is 7.96. The van der Waals surface area contributed by atoms with Crippen LogP contribution in [0.15, 0.2) is 71.8 Å². The highest BCUT2D eigenvalue weighted by Crippen LogP contribution is 2.27. The van der Waals surface area contributed by atoms with Crippen LogP contribution in [0.1, 0.15) is 39.2 Å². The van der Waals surface area contributed by atoms with Gasteiger partial charge >= 0.3 is 0 Å². The molecule has 8 heteroatoms. The van der Waals surface area contributed by atoms with Crippen LogP contribution in [0.5, 0.6) is 0 Å². The van der Waals surface area contributed by atoms with Crippen molar-refractivity contribution in [2.45, 2.75) is 43.9 Å². The number of piperidine rings is 1. The predicted octanol–water partition coefficient (Wildman–Crippen LogP) is 4.21. The van der Waals surface area contributed by atoms with E-state index in [-0.39, 0.29) is 17.2 Å². The maximum atomic E-state index is 13.1. The van der Waals surface area contributed by atoms with E-state index in [1.807, 2.05) is 42.5 Å². The van der Waals surface area contributed by atoms with Crippen molar-refractivity contribution in [2.24, 2.45) is 5.92 Å². The van der Waals surface area contributed by atoms with Crippen LogP contribution in [-0.2, 0) is 20.2 Å². The zero-order chi connectivity index (χ0) is 23.6. The van der Waals surface area contributed by atoms with E-state index in [2.05, 4.69) is 31.2 Å². The first-order valence-electron chi connectivity index (χ1n) is 11.2. The lowest BCUT2D eigenvalue weighted by molar-refractivity contribution is -0.120. The van der Waals surface area contributed by atoms with Gasteiger partial charge in [-0.1, -0.05) is 51.1 Å². The van der Waals surface area contributed by atoms with Crippen LogP contribution in [0.3, 0.4) is 0 Å². The molecule has 0 atom stereocenters. The van der Waals surface area contributed by atoms with E-state index in [0.717, 1.165) is 11.3 Å². The normalized spacial score (nSPS) is 16.0. The summed E-state index contributed by atoms with van der Waals surface area (Å²) in [6.07, 6.45) is 2.75. The van der Waals surface area contributed by atoms with Crippen LogP contribution in [0.25, 0.3) is 5.69 Å². The molecule has 1 aromatic heterocycles.